The molecule has 144 valence electrons. The van der Waals surface area contributed by atoms with E-state index in [9.17, 15) is 9.59 Å². The SMILES string of the molecule is CCCn1c(=O)c2[nH]c(Cc3ccccc3)nc2n(CCc2ncno2)c1=O. The van der Waals surface area contributed by atoms with Gasteiger partial charge in [-0.15, -0.1) is 0 Å². The molecular weight excluding hydrogens is 360 g/mol. The number of aromatic amines is 1. The van der Waals surface area contributed by atoms with Crippen LogP contribution in [0.4, 0.5) is 0 Å². The summed E-state index contributed by atoms with van der Waals surface area (Å²) in [7, 11) is 0. The minimum absolute atomic E-state index is 0.289. The number of hydrogen-bond acceptors (Lipinski definition) is 6. The summed E-state index contributed by atoms with van der Waals surface area (Å²) in [5, 5.41) is 3.58. The molecule has 0 spiro atoms. The quantitative estimate of drug-likeness (QED) is 0.520. The second kappa shape index (κ2) is 7.63. The summed E-state index contributed by atoms with van der Waals surface area (Å²) in [6.07, 6.45) is 2.91. The van der Waals surface area contributed by atoms with Crippen molar-refractivity contribution >= 4 is 11.2 Å². The number of aryl methyl sites for hydroxylation is 2. The van der Waals surface area contributed by atoms with Crippen molar-refractivity contribution < 1.29 is 4.52 Å². The smallest absolute Gasteiger partial charge is 0.332 e. The highest BCUT2D eigenvalue weighted by atomic mass is 16.5. The maximum Gasteiger partial charge on any atom is 0.332 e. The van der Waals surface area contributed by atoms with Crippen molar-refractivity contribution in [3.63, 3.8) is 0 Å². The summed E-state index contributed by atoms with van der Waals surface area (Å²) >= 11 is 0. The van der Waals surface area contributed by atoms with E-state index in [1.165, 1.54) is 15.5 Å². The molecule has 0 aliphatic rings. The normalized spacial score (nSPS) is 11.3. The molecule has 1 aromatic carbocycles. The van der Waals surface area contributed by atoms with E-state index in [-0.39, 0.29) is 17.8 Å². The third-order valence-corrected chi connectivity index (χ3v) is 4.53. The van der Waals surface area contributed by atoms with Crippen LogP contribution in [0.3, 0.4) is 0 Å². The number of rotatable bonds is 7. The summed E-state index contributed by atoms with van der Waals surface area (Å²) in [4.78, 5) is 37.4. The van der Waals surface area contributed by atoms with Crippen LogP contribution in [0.5, 0.6) is 0 Å². The number of benzene rings is 1. The minimum atomic E-state index is -0.378. The molecule has 0 atom stereocenters. The van der Waals surface area contributed by atoms with Gasteiger partial charge in [-0.3, -0.25) is 13.9 Å². The lowest BCUT2D eigenvalue weighted by Gasteiger charge is -2.09. The van der Waals surface area contributed by atoms with Gasteiger partial charge in [0, 0.05) is 25.9 Å². The van der Waals surface area contributed by atoms with Gasteiger partial charge in [0.15, 0.2) is 12.0 Å². The average molecular weight is 380 g/mol. The van der Waals surface area contributed by atoms with Crippen molar-refractivity contribution in [3.8, 4) is 0 Å². The Balaban J connectivity index is 1.80. The van der Waals surface area contributed by atoms with Gasteiger partial charge in [-0.25, -0.2) is 9.78 Å². The van der Waals surface area contributed by atoms with Crippen LogP contribution in [0.25, 0.3) is 11.2 Å². The first-order chi connectivity index (χ1) is 13.7. The van der Waals surface area contributed by atoms with Crippen LogP contribution < -0.4 is 11.2 Å². The molecule has 0 bridgehead atoms. The summed E-state index contributed by atoms with van der Waals surface area (Å²) in [5.74, 6) is 1.06. The molecule has 4 rings (SSSR count). The van der Waals surface area contributed by atoms with Gasteiger partial charge >= 0.3 is 5.69 Å². The van der Waals surface area contributed by atoms with Gasteiger partial charge in [0.25, 0.3) is 5.56 Å². The number of H-pyrrole nitrogens is 1. The van der Waals surface area contributed by atoms with Gasteiger partial charge in [0.1, 0.15) is 11.3 Å². The fourth-order valence-electron chi connectivity index (χ4n) is 3.22. The third kappa shape index (κ3) is 3.38. The van der Waals surface area contributed by atoms with Gasteiger partial charge < -0.3 is 9.51 Å². The van der Waals surface area contributed by atoms with E-state index in [0.717, 1.165) is 5.56 Å². The molecule has 0 unspecified atom stereocenters. The summed E-state index contributed by atoms with van der Waals surface area (Å²) in [5.41, 5.74) is 1.03. The maximum absolute atomic E-state index is 12.9. The van der Waals surface area contributed by atoms with Gasteiger partial charge in [-0.2, -0.15) is 4.98 Å². The van der Waals surface area contributed by atoms with E-state index in [0.29, 0.717) is 48.7 Å². The number of nitrogens with one attached hydrogen (secondary N) is 1. The lowest BCUT2D eigenvalue weighted by Crippen LogP contribution is -2.40. The summed E-state index contributed by atoms with van der Waals surface area (Å²) in [6.45, 7) is 2.56. The van der Waals surface area contributed by atoms with E-state index in [2.05, 4.69) is 20.1 Å². The first-order valence-electron chi connectivity index (χ1n) is 9.19. The van der Waals surface area contributed by atoms with Crippen LogP contribution in [-0.4, -0.2) is 29.2 Å². The highest BCUT2D eigenvalue weighted by Gasteiger charge is 2.17. The van der Waals surface area contributed by atoms with Crippen molar-refractivity contribution in [2.24, 2.45) is 0 Å². The molecule has 0 fully saturated rings. The van der Waals surface area contributed by atoms with Crippen molar-refractivity contribution in [3.05, 3.63) is 74.8 Å². The lowest BCUT2D eigenvalue weighted by molar-refractivity contribution is 0.369. The molecule has 3 aromatic heterocycles. The third-order valence-electron chi connectivity index (χ3n) is 4.53. The standard InChI is InChI=1S/C19H20N6O3/c1-2-9-25-18(26)16-17(23-14(22-16)11-13-6-4-3-5-7-13)24(19(25)27)10-8-15-20-12-21-28-15/h3-7,12H,2,8-11H2,1H3,(H,22,23). The van der Waals surface area contributed by atoms with E-state index in [1.807, 2.05) is 37.3 Å². The molecule has 4 aromatic rings. The molecule has 0 radical (unpaired) electrons. The Labute approximate surface area is 159 Å². The first kappa shape index (κ1) is 17.9. The molecular formula is C19H20N6O3. The molecule has 0 aliphatic heterocycles. The van der Waals surface area contributed by atoms with Crippen LogP contribution in [0.2, 0.25) is 0 Å². The Morgan fingerprint density at radius 3 is 2.64 bits per heavy atom. The van der Waals surface area contributed by atoms with Crippen LogP contribution in [-0.2, 0) is 25.9 Å². The predicted octanol–water partition coefficient (Wildman–Crippen LogP) is 1.51. The van der Waals surface area contributed by atoms with Crippen LogP contribution in [0.15, 0.2) is 50.8 Å². The Bertz CT molecular complexity index is 1190. The fraction of sp³-hybridized carbons (Fsp3) is 0.316. The van der Waals surface area contributed by atoms with E-state index < -0.39 is 0 Å². The van der Waals surface area contributed by atoms with Crippen LogP contribution in [0, 0.1) is 0 Å². The topological polar surface area (TPSA) is 112 Å². The number of imidazole rings is 1. The number of aromatic nitrogens is 6. The maximum atomic E-state index is 12.9. The molecule has 9 nitrogen and oxygen atoms in total. The highest BCUT2D eigenvalue weighted by molar-refractivity contribution is 5.70. The molecule has 1 N–H and O–H groups in total. The molecule has 28 heavy (non-hydrogen) atoms. The Kier molecular flexibility index (Phi) is 4.88. The highest BCUT2D eigenvalue weighted by Crippen LogP contribution is 2.11. The molecule has 3 heterocycles. The Morgan fingerprint density at radius 2 is 1.93 bits per heavy atom. The second-order valence-electron chi connectivity index (χ2n) is 6.52. The Morgan fingerprint density at radius 1 is 1.11 bits per heavy atom. The number of fused-ring (bicyclic) bond motifs is 1. The van der Waals surface area contributed by atoms with Gasteiger partial charge in [0.2, 0.25) is 5.89 Å². The first-order valence-corrected chi connectivity index (χ1v) is 9.19. The minimum Gasteiger partial charge on any atom is -0.340 e. The number of nitrogens with zero attached hydrogens (tertiary/aromatic N) is 5. The predicted molar refractivity (Wildman–Crippen MR) is 102 cm³/mol. The fourth-order valence-corrected chi connectivity index (χ4v) is 3.22. The van der Waals surface area contributed by atoms with Crippen molar-refractivity contribution in [2.75, 3.05) is 0 Å². The van der Waals surface area contributed by atoms with E-state index in [4.69, 9.17) is 4.52 Å². The van der Waals surface area contributed by atoms with Crippen molar-refractivity contribution in [1.29, 1.82) is 0 Å². The zero-order valence-electron chi connectivity index (χ0n) is 15.5. The molecule has 0 aliphatic carbocycles. The molecule has 9 heteroatoms. The lowest BCUT2D eigenvalue weighted by atomic mass is 10.1. The second-order valence-corrected chi connectivity index (χ2v) is 6.52. The zero-order valence-corrected chi connectivity index (χ0v) is 15.5. The van der Waals surface area contributed by atoms with Gasteiger partial charge in [-0.1, -0.05) is 42.4 Å². The van der Waals surface area contributed by atoms with Crippen LogP contribution >= 0.6 is 0 Å². The zero-order chi connectivity index (χ0) is 19.5. The van der Waals surface area contributed by atoms with Gasteiger partial charge in [0.05, 0.1) is 0 Å². The molecule has 0 saturated carbocycles. The van der Waals surface area contributed by atoms with E-state index >= 15 is 0 Å². The molecule has 0 saturated heterocycles. The van der Waals surface area contributed by atoms with Crippen LogP contribution in [0.1, 0.15) is 30.6 Å². The summed E-state index contributed by atoms with van der Waals surface area (Å²) < 4.78 is 7.77. The van der Waals surface area contributed by atoms with Crippen molar-refractivity contribution in [1.82, 2.24) is 29.2 Å². The number of hydrogen-bond donors (Lipinski definition) is 1. The Hall–Kier alpha value is -3.49. The average Bonchev–Trinajstić information content (AvgIpc) is 3.36. The largest absolute Gasteiger partial charge is 0.340 e. The molecule has 0 amide bonds. The monoisotopic (exact) mass is 380 g/mol. The van der Waals surface area contributed by atoms with Gasteiger partial charge in [-0.05, 0) is 12.0 Å². The van der Waals surface area contributed by atoms with E-state index in [1.54, 1.807) is 0 Å². The summed E-state index contributed by atoms with van der Waals surface area (Å²) in [6, 6.07) is 9.83. The van der Waals surface area contributed by atoms with Crippen molar-refractivity contribution in [2.45, 2.75) is 39.3 Å².